The lowest BCUT2D eigenvalue weighted by atomic mass is 10.00. The number of anilines is 1. The van der Waals surface area contributed by atoms with Crippen LogP contribution in [0.15, 0.2) is 36.5 Å². The Morgan fingerprint density at radius 2 is 2.07 bits per heavy atom. The van der Waals surface area contributed by atoms with Crippen molar-refractivity contribution in [1.29, 1.82) is 5.26 Å². The zero-order valence-corrected chi connectivity index (χ0v) is 23.9. The summed E-state index contributed by atoms with van der Waals surface area (Å²) in [5.41, 5.74) is 0.465. The Balaban J connectivity index is 1.33. The molecule has 4 aromatic rings. The third kappa shape index (κ3) is 4.60. The summed E-state index contributed by atoms with van der Waals surface area (Å²) in [6.07, 6.45) is 5.47. The van der Waals surface area contributed by atoms with Crippen molar-refractivity contribution in [2.24, 2.45) is 5.92 Å². The zero-order valence-electron chi connectivity index (χ0n) is 23.2. The zero-order chi connectivity index (χ0) is 29.0. The minimum Gasteiger partial charge on any atom is -0.462 e. The van der Waals surface area contributed by atoms with Gasteiger partial charge in [0, 0.05) is 54.9 Å². The molecule has 2 aliphatic heterocycles. The minimum atomic E-state index is -0.658. The van der Waals surface area contributed by atoms with Gasteiger partial charge in [-0.3, -0.25) is 9.88 Å². The van der Waals surface area contributed by atoms with E-state index >= 15 is 4.39 Å². The number of piperidine rings is 1. The number of pyridine rings is 1. The normalized spacial score (nSPS) is 24.0. The number of fused-ring (bicyclic) bond motifs is 4. The Hall–Kier alpha value is -3.65. The van der Waals surface area contributed by atoms with Crippen LogP contribution >= 0.6 is 11.6 Å². The molecule has 2 aromatic heterocycles. The summed E-state index contributed by atoms with van der Waals surface area (Å²) in [5, 5.41) is 14.0. The highest BCUT2D eigenvalue weighted by Crippen LogP contribution is 2.42. The summed E-state index contributed by atoms with van der Waals surface area (Å²) in [6.45, 7) is 2.21. The average molecular weight is 590 g/mol. The maximum absolute atomic E-state index is 16.5. The highest BCUT2D eigenvalue weighted by atomic mass is 35.5. The lowest BCUT2D eigenvalue weighted by Crippen LogP contribution is -2.51. The van der Waals surface area contributed by atoms with Gasteiger partial charge >= 0.3 is 6.01 Å². The minimum absolute atomic E-state index is 0.0201. The molecule has 0 spiro atoms. The number of halogens is 3. The molecule has 0 radical (unpaired) electrons. The molecule has 1 unspecified atom stereocenters. The van der Waals surface area contributed by atoms with Gasteiger partial charge in [0.1, 0.15) is 29.5 Å². The van der Waals surface area contributed by atoms with Gasteiger partial charge < -0.3 is 15.0 Å². The molecule has 2 saturated heterocycles. The number of benzene rings is 2. The van der Waals surface area contributed by atoms with Crippen molar-refractivity contribution >= 4 is 39.1 Å². The quantitative estimate of drug-likeness (QED) is 0.323. The van der Waals surface area contributed by atoms with Crippen LogP contribution in [0.1, 0.15) is 25.7 Å². The SMILES string of the molecule is CN1[C@H]2CC[C@H](C2)[C@@H]1COc1nc(N2CCNC(CC#N)C2)c2cnc(-c3cccc4ccc(F)c(Cl)c34)c(F)c2n1. The van der Waals surface area contributed by atoms with E-state index in [0.29, 0.717) is 72.2 Å². The average Bonchev–Trinajstić information content (AvgIpc) is 3.60. The first-order valence-electron chi connectivity index (χ1n) is 14.4. The highest BCUT2D eigenvalue weighted by Gasteiger charge is 2.44. The van der Waals surface area contributed by atoms with Crippen molar-refractivity contribution in [3.63, 3.8) is 0 Å². The summed E-state index contributed by atoms with van der Waals surface area (Å²) in [5.74, 6) is -0.159. The van der Waals surface area contributed by atoms with Gasteiger partial charge in [0.2, 0.25) is 0 Å². The molecule has 11 heteroatoms. The maximum Gasteiger partial charge on any atom is 0.319 e. The molecule has 2 aromatic carbocycles. The Morgan fingerprint density at radius 1 is 1.19 bits per heavy atom. The molecule has 0 amide bonds. The molecule has 1 aliphatic carbocycles. The van der Waals surface area contributed by atoms with Crippen LogP contribution in [0.3, 0.4) is 0 Å². The summed E-state index contributed by atoms with van der Waals surface area (Å²) in [7, 11) is 2.14. The van der Waals surface area contributed by atoms with E-state index < -0.39 is 11.6 Å². The molecule has 3 fully saturated rings. The number of likely N-dealkylation sites (N-methyl/N-ethyl adjacent to an activating group) is 1. The summed E-state index contributed by atoms with van der Waals surface area (Å²) >= 11 is 6.37. The molecular formula is C31H30ClF2N7O. The molecule has 7 rings (SSSR count). The second-order valence-corrected chi connectivity index (χ2v) is 11.9. The van der Waals surface area contributed by atoms with E-state index in [9.17, 15) is 9.65 Å². The number of ether oxygens (including phenoxy) is 1. The van der Waals surface area contributed by atoms with Crippen LogP contribution in [0.5, 0.6) is 6.01 Å². The fourth-order valence-corrected chi connectivity index (χ4v) is 7.29. The van der Waals surface area contributed by atoms with Crippen LogP contribution in [0.4, 0.5) is 14.6 Å². The summed E-state index contributed by atoms with van der Waals surface area (Å²) < 4.78 is 37.2. The fraction of sp³-hybridized carbons (Fsp3) is 0.419. The van der Waals surface area contributed by atoms with Gasteiger partial charge in [-0.1, -0.05) is 35.9 Å². The molecule has 1 saturated carbocycles. The van der Waals surface area contributed by atoms with Crippen molar-refractivity contribution in [1.82, 2.24) is 25.2 Å². The Morgan fingerprint density at radius 3 is 2.88 bits per heavy atom. The van der Waals surface area contributed by atoms with Gasteiger partial charge in [-0.25, -0.2) is 8.78 Å². The molecule has 216 valence electrons. The van der Waals surface area contributed by atoms with Gasteiger partial charge in [-0.15, -0.1) is 0 Å². The van der Waals surface area contributed by atoms with Gasteiger partial charge in [-0.05, 0) is 43.7 Å². The fourth-order valence-electron chi connectivity index (χ4n) is 7.01. The van der Waals surface area contributed by atoms with Crippen molar-refractivity contribution in [2.75, 3.05) is 38.2 Å². The van der Waals surface area contributed by atoms with Crippen molar-refractivity contribution in [3.8, 4) is 23.3 Å². The van der Waals surface area contributed by atoms with Crippen LogP contribution < -0.4 is 15.0 Å². The Labute approximate surface area is 247 Å². The highest BCUT2D eigenvalue weighted by molar-refractivity contribution is 6.36. The molecule has 3 aliphatic rings. The molecule has 42 heavy (non-hydrogen) atoms. The number of nitrogens with one attached hydrogen (secondary N) is 1. The Bertz CT molecular complexity index is 1730. The summed E-state index contributed by atoms with van der Waals surface area (Å²) in [4.78, 5) is 18.3. The number of nitrogens with zero attached hydrogens (tertiary/aromatic N) is 6. The van der Waals surface area contributed by atoms with E-state index in [2.05, 4.69) is 33.3 Å². The first-order valence-corrected chi connectivity index (χ1v) is 14.7. The molecular weight excluding hydrogens is 560 g/mol. The van der Waals surface area contributed by atoms with Gasteiger partial charge in [0.15, 0.2) is 5.82 Å². The standard InChI is InChI=1S/C31H30ClF2N7O/c1-40-20-7-5-18(13-20)24(40)16-42-31-38-29-22(30(39-31)41-12-11-36-19(15-41)9-10-35)14-37-28(27(29)34)21-4-2-3-17-6-8-23(33)26(32)25(17)21/h2-4,6,8,14,18-20,24,36H,5,7,9,11-13,15-16H2,1H3/t18-,19?,20+,24+/m1/s1. The van der Waals surface area contributed by atoms with E-state index in [1.165, 1.54) is 25.3 Å². The third-order valence-corrected chi connectivity index (χ3v) is 9.57. The predicted octanol–water partition coefficient (Wildman–Crippen LogP) is 5.33. The molecule has 4 heterocycles. The third-order valence-electron chi connectivity index (χ3n) is 9.20. The molecule has 4 atom stereocenters. The van der Waals surface area contributed by atoms with E-state index in [0.717, 1.165) is 0 Å². The number of nitriles is 1. The number of aromatic nitrogens is 3. The molecule has 2 bridgehead atoms. The molecule has 8 nitrogen and oxygen atoms in total. The first kappa shape index (κ1) is 27.2. The summed E-state index contributed by atoms with van der Waals surface area (Å²) in [6, 6.07) is 11.3. The maximum atomic E-state index is 16.5. The van der Waals surface area contributed by atoms with E-state index in [1.54, 1.807) is 30.5 Å². The van der Waals surface area contributed by atoms with Gasteiger partial charge in [0.25, 0.3) is 0 Å². The largest absolute Gasteiger partial charge is 0.462 e. The van der Waals surface area contributed by atoms with Crippen LogP contribution in [0.25, 0.3) is 32.9 Å². The smallest absolute Gasteiger partial charge is 0.319 e. The van der Waals surface area contributed by atoms with E-state index in [-0.39, 0.29) is 34.3 Å². The lowest BCUT2D eigenvalue weighted by Gasteiger charge is -2.34. The van der Waals surface area contributed by atoms with Crippen LogP contribution in [-0.2, 0) is 0 Å². The monoisotopic (exact) mass is 589 g/mol. The van der Waals surface area contributed by atoms with Crippen molar-refractivity contribution in [3.05, 3.63) is 53.2 Å². The van der Waals surface area contributed by atoms with E-state index in [1.807, 2.05) is 4.90 Å². The second kappa shape index (κ2) is 10.9. The first-order chi connectivity index (χ1) is 20.4. The van der Waals surface area contributed by atoms with Crippen molar-refractivity contribution in [2.45, 2.75) is 43.8 Å². The predicted molar refractivity (Wildman–Crippen MR) is 158 cm³/mol. The van der Waals surface area contributed by atoms with Crippen LogP contribution in [0, 0.1) is 28.9 Å². The number of hydrogen-bond donors (Lipinski definition) is 1. The second-order valence-electron chi connectivity index (χ2n) is 11.5. The topological polar surface area (TPSA) is 90.2 Å². The lowest BCUT2D eigenvalue weighted by molar-refractivity contribution is 0.114. The van der Waals surface area contributed by atoms with Crippen LogP contribution in [0.2, 0.25) is 5.02 Å². The van der Waals surface area contributed by atoms with E-state index in [4.69, 9.17) is 21.3 Å². The van der Waals surface area contributed by atoms with Crippen molar-refractivity contribution < 1.29 is 13.5 Å². The molecule has 1 N–H and O–H groups in total. The van der Waals surface area contributed by atoms with Gasteiger partial charge in [-0.2, -0.15) is 15.2 Å². The number of likely N-dealkylation sites (tertiary alicyclic amines) is 1. The van der Waals surface area contributed by atoms with Crippen LogP contribution in [-0.4, -0.2) is 71.3 Å². The van der Waals surface area contributed by atoms with Gasteiger partial charge in [0.05, 0.1) is 22.9 Å². The number of piperazine rings is 1. The number of hydrogen-bond acceptors (Lipinski definition) is 8. The Kier molecular flexibility index (Phi) is 7.05. The number of rotatable bonds is 6.